The Hall–Kier alpha value is -3.30. The lowest BCUT2D eigenvalue weighted by Gasteiger charge is -2.29. The molecule has 0 bridgehead atoms. The zero-order valence-electron chi connectivity index (χ0n) is 18.7. The molecule has 0 radical (unpaired) electrons. The maximum absolute atomic E-state index is 14.3. The summed E-state index contributed by atoms with van der Waals surface area (Å²) in [6.07, 6.45) is 0.412. The van der Waals surface area contributed by atoms with Gasteiger partial charge in [0.05, 0.1) is 25.3 Å². The number of hydrogen-bond acceptors (Lipinski definition) is 6. The first-order valence-corrected chi connectivity index (χ1v) is 11.5. The molecule has 0 aromatic heterocycles. The number of hydrogen-bond donors (Lipinski definition) is 1. The van der Waals surface area contributed by atoms with Gasteiger partial charge in [0.15, 0.2) is 0 Å². The number of morpholine rings is 1. The maximum atomic E-state index is 14.3. The number of carbonyl (C=O) groups excluding carboxylic acids is 3. The molecule has 2 saturated heterocycles. The smallest absolute Gasteiger partial charge is 0.255 e. The van der Waals surface area contributed by atoms with Crippen LogP contribution >= 0.6 is 0 Å². The van der Waals surface area contributed by atoms with E-state index in [0.29, 0.717) is 5.56 Å². The molecule has 3 heterocycles. The molecule has 1 N–H and O–H groups in total. The van der Waals surface area contributed by atoms with Gasteiger partial charge in [0, 0.05) is 37.7 Å². The number of rotatable bonds is 6. The van der Waals surface area contributed by atoms with Gasteiger partial charge in [-0.3, -0.25) is 24.6 Å². The molecule has 2 fully saturated rings. The van der Waals surface area contributed by atoms with Crippen LogP contribution in [0.1, 0.15) is 39.9 Å². The quantitative estimate of drug-likeness (QED) is 0.654. The molecule has 3 amide bonds. The first kappa shape index (κ1) is 22.5. The minimum atomic E-state index is -0.757. The zero-order chi connectivity index (χ0) is 23.7. The zero-order valence-corrected chi connectivity index (χ0v) is 18.7. The highest BCUT2D eigenvalue weighted by molar-refractivity contribution is 6.05. The number of halogens is 1. The highest BCUT2D eigenvalue weighted by atomic mass is 19.1. The number of amides is 3. The molecule has 9 heteroatoms. The largest absolute Gasteiger partial charge is 0.488 e. The van der Waals surface area contributed by atoms with Crippen LogP contribution in [-0.4, -0.2) is 59.9 Å². The van der Waals surface area contributed by atoms with E-state index in [1.807, 2.05) is 12.1 Å². The van der Waals surface area contributed by atoms with E-state index in [4.69, 9.17) is 9.47 Å². The van der Waals surface area contributed by atoms with Crippen LogP contribution in [0.15, 0.2) is 36.4 Å². The fourth-order valence-corrected chi connectivity index (χ4v) is 4.64. The molecule has 2 aromatic rings. The number of carbonyl (C=O) groups is 3. The van der Waals surface area contributed by atoms with Crippen LogP contribution in [0.4, 0.5) is 4.39 Å². The highest BCUT2D eigenvalue weighted by Crippen LogP contribution is 2.35. The van der Waals surface area contributed by atoms with Gasteiger partial charge in [-0.2, -0.15) is 0 Å². The van der Waals surface area contributed by atoms with E-state index in [1.54, 1.807) is 0 Å². The molecule has 0 spiro atoms. The molecular formula is C25H26FN3O5. The molecule has 1 unspecified atom stereocenters. The number of ether oxygens (including phenoxy) is 2. The summed E-state index contributed by atoms with van der Waals surface area (Å²) in [6.45, 7) is 4.57. The van der Waals surface area contributed by atoms with Crippen molar-refractivity contribution in [1.29, 1.82) is 0 Å². The Balaban J connectivity index is 1.26. The molecule has 178 valence electrons. The van der Waals surface area contributed by atoms with Crippen molar-refractivity contribution in [2.75, 3.05) is 26.3 Å². The molecule has 3 aliphatic rings. The van der Waals surface area contributed by atoms with Gasteiger partial charge in [0.1, 0.15) is 24.2 Å². The van der Waals surface area contributed by atoms with Crippen LogP contribution in [0, 0.1) is 5.82 Å². The van der Waals surface area contributed by atoms with E-state index in [-0.39, 0.29) is 43.2 Å². The van der Waals surface area contributed by atoms with E-state index in [0.717, 1.165) is 38.4 Å². The summed E-state index contributed by atoms with van der Waals surface area (Å²) in [5.41, 5.74) is 2.87. The predicted octanol–water partition coefficient (Wildman–Crippen LogP) is 2.00. The monoisotopic (exact) mass is 467 g/mol. The first-order chi connectivity index (χ1) is 16.5. The molecule has 0 saturated carbocycles. The van der Waals surface area contributed by atoms with Gasteiger partial charge < -0.3 is 14.4 Å². The average molecular weight is 467 g/mol. The summed E-state index contributed by atoms with van der Waals surface area (Å²) in [4.78, 5) is 40.4. The molecule has 5 rings (SSSR count). The van der Waals surface area contributed by atoms with Crippen LogP contribution in [-0.2, 0) is 34.0 Å². The highest BCUT2D eigenvalue weighted by Gasteiger charge is 2.40. The van der Waals surface area contributed by atoms with E-state index in [2.05, 4.69) is 22.3 Å². The fourth-order valence-electron chi connectivity index (χ4n) is 4.64. The van der Waals surface area contributed by atoms with Gasteiger partial charge in [-0.25, -0.2) is 4.39 Å². The van der Waals surface area contributed by atoms with E-state index >= 15 is 0 Å². The van der Waals surface area contributed by atoms with E-state index in [1.165, 1.54) is 22.6 Å². The lowest BCUT2D eigenvalue weighted by Crippen LogP contribution is -2.52. The second-order valence-corrected chi connectivity index (χ2v) is 8.82. The van der Waals surface area contributed by atoms with Crippen molar-refractivity contribution in [2.24, 2.45) is 0 Å². The van der Waals surface area contributed by atoms with E-state index in [9.17, 15) is 18.8 Å². The second-order valence-electron chi connectivity index (χ2n) is 8.82. The third-order valence-corrected chi connectivity index (χ3v) is 6.51. The van der Waals surface area contributed by atoms with Crippen molar-refractivity contribution in [2.45, 2.75) is 38.6 Å². The number of benzene rings is 2. The standard InChI is InChI=1S/C25H26FN3O5/c26-18-11-19-20(14-29(25(19)32)21-5-6-23(30)27-24(21)31)22(12-18)34-15-17-3-1-16(2-4-17)13-28-7-9-33-10-8-28/h1-4,11-12,21H,5-10,13-15H2,(H,27,30,31). The minimum absolute atomic E-state index is 0.133. The van der Waals surface area contributed by atoms with Gasteiger partial charge in [0.2, 0.25) is 11.8 Å². The van der Waals surface area contributed by atoms with Crippen LogP contribution in [0.3, 0.4) is 0 Å². The summed E-state index contributed by atoms with van der Waals surface area (Å²) in [5, 5.41) is 2.27. The maximum Gasteiger partial charge on any atom is 0.255 e. The molecule has 34 heavy (non-hydrogen) atoms. The van der Waals surface area contributed by atoms with Crippen molar-refractivity contribution < 1.29 is 28.2 Å². The Kier molecular flexibility index (Phi) is 6.30. The Morgan fingerprint density at radius 2 is 1.79 bits per heavy atom. The Labute approximate surface area is 196 Å². The van der Waals surface area contributed by atoms with Crippen LogP contribution in [0.25, 0.3) is 0 Å². The second kappa shape index (κ2) is 9.52. The Bertz CT molecular complexity index is 1110. The summed E-state index contributed by atoms with van der Waals surface area (Å²) in [5.74, 6) is -1.57. The van der Waals surface area contributed by atoms with Crippen molar-refractivity contribution in [3.05, 3.63) is 64.5 Å². The average Bonchev–Trinajstić information content (AvgIpc) is 3.15. The van der Waals surface area contributed by atoms with Crippen LogP contribution < -0.4 is 10.1 Å². The topological polar surface area (TPSA) is 88.2 Å². The summed E-state index contributed by atoms with van der Waals surface area (Å²) in [7, 11) is 0. The fraction of sp³-hybridized carbons (Fsp3) is 0.400. The summed E-state index contributed by atoms with van der Waals surface area (Å²) in [6, 6.07) is 9.76. The molecular weight excluding hydrogens is 441 g/mol. The Morgan fingerprint density at radius 1 is 1.06 bits per heavy atom. The molecule has 1 atom stereocenters. The van der Waals surface area contributed by atoms with Crippen LogP contribution in [0.2, 0.25) is 0 Å². The number of piperidine rings is 1. The number of nitrogens with zero attached hydrogens (tertiary/aromatic N) is 2. The van der Waals surface area contributed by atoms with E-state index < -0.39 is 23.7 Å². The van der Waals surface area contributed by atoms with Crippen LogP contribution in [0.5, 0.6) is 5.75 Å². The molecule has 3 aliphatic heterocycles. The molecule has 2 aromatic carbocycles. The van der Waals surface area contributed by atoms with Crippen molar-refractivity contribution >= 4 is 17.7 Å². The number of fused-ring (bicyclic) bond motifs is 1. The number of nitrogens with one attached hydrogen (secondary N) is 1. The van der Waals surface area contributed by atoms with Gasteiger partial charge in [-0.1, -0.05) is 24.3 Å². The SMILES string of the molecule is O=C1CCC(N2Cc3c(OCc4ccc(CN5CCOCC5)cc4)cc(F)cc3C2=O)C(=O)N1. The first-order valence-electron chi connectivity index (χ1n) is 11.5. The normalized spacial score (nSPS) is 20.9. The van der Waals surface area contributed by atoms with Gasteiger partial charge in [-0.15, -0.1) is 0 Å². The summed E-state index contributed by atoms with van der Waals surface area (Å²) < 4.78 is 25.6. The Morgan fingerprint density at radius 3 is 2.53 bits per heavy atom. The third-order valence-electron chi connectivity index (χ3n) is 6.51. The van der Waals surface area contributed by atoms with Crippen molar-refractivity contribution in [3.8, 4) is 5.75 Å². The molecule has 8 nitrogen and oxygen atoms in total. The molecule has 0 aliphatic carbocycles. The third kappa shape index (κ3) is 4.67. The minimum Gasteiger partial charge on any atom is -0.488 e. The lowest BCUT2D eigenvalue weighted by atomic mass is 10.0. The van der Waals surface area contributed by atoms with Crippen molar-refractivity contribution in [1.82, 2.24) is 15.1 Å². The van der Waals surface area contributed by atoms with Gasteiger partial charge in [0.25, 0.3) is 5.91 Å². The van der Waals surface area contributed by atoms with Gasteiger partial charge >= 0.3 is 0 Å². The predicted molar refractivity (Wildman–Crippen MR) is 119 cm³/mol. The summed E-state index contributed by atoms with van der Waals surface area (Å²) >= 11 is 0. The lowest BCUT2D eigenvalue weighted by molar-refractivity contribution is -0.136. The van der Waals surface area contributed by atoms with Gasteiger partial charge in [-0.05, 0) is 23.6 Å². The number of imide groups is 1. The van der Waals surface area contributed by atoms with Crippen molar-refractivity contribution in [3.63, 3.8) is 0 Å².